The van der Waals surface area contributed by atoms with Gasteiger partial charge in [0.05, 0.1) is 14.2 Å². The van der Waals surface area contributed by atoms with Gasteiger partial charge in [-0.3, -0.25) is 4.79 Å². The highest BCUT2D eigenvalue weighted by Crippen LogP contribution is 2.27. The Kier molecular flexibility index (Phi) is 4.82. The van der Waals surface area contributed by atoms with Gasteiger partial charge in [0.1, 0.15) is 5.75 Å². The normalized spacial score (nSPS) is 11.6. The number of hydrogen-bond donors (Lipinski definition) is 0. The molecule has 0 aliphatic rings. The number of ketones is 1. The molecule has 2 rings (SSSR count). The van der Waals surface area contributed by atoms with Crippen molar-refractivity contribution in [3.05, 3.63) is 54.1 Å². The van der Waals surface area contributed by atoms with Gasteiger partial charge in [-0.2, -0.15) is 0 Å². The highest BCUT2D eigenvalue weighted by atomic mass is 16.5. The van der Waals surface area contributed by atoms with Gasteiger partial charge in [0, 0.05) is 5.56 Å². The number of rotatable bonds is 6. The molecule has 0 bridgehead atoms. The second-order valence-electron chi connectivity index (χ2n) is 4.51. The van der Waals surface area contributed by atoms with Crippen LogP contribution in [-0.2, 0) is 0 Å². The van der Waals surface area contributed by atoms with Gasteiger partial charge in [0.15, 0.2) is 17.6 Å². The quantitative estimate of drug-likeness (QED) is 0.764. The summed E-state index contributed by atoms with van der Waals surface area (Å²) in [7, 11) is 3.13. The molecule has 4 heteroatoms. The van der Waals surface area contributed by atoms with Crippen molar-refractivity contribution in [3.8, 4) is 17.2 Å². The molecule has 4 nitrogen and oxygen atoms in total. The summed E-state index contributed by atoms with van der Waals surface area (Å²) < 4.78 is 16.0. The summed E-state index contributed by atoms with van der Waals surface area (Å²) in [6.07, 6.45) is -0.617. The lowest BCUT2D eigenvalue weighted by molar-refractivity contribution is 0.0813. The first-order chi connectivity index (χ1) is 10.2. The second kappa shape index (κ2) is 6.79. The van der Waals surface area contributed by atoms with Crippen LogP contribution in [-0.4, -0.2) is 26.1 Å². The highest BCUT2D eigenvalue weighted by molar-refractivity contribution is 5.99. The van der Waals surface area contributed by atoms with Crippen LogP contribution < -0.4 is 14.2 Å². The van der Waals surface area contributed by atoms with Gasteiger partial charge in [-0.1, -0.05) is 24.3 Å². The van der Waals surface area contributed by atoms with Crippen molar-refractivity contribution in [2.75, 3.05) is 14.2 Å². The maximum Gasteiger partial charge on any atom is 0.203 e. The lowest BCUT2D eigenvalue weighted by Crippen LogP contribution is -2.24. The van der Waals surface area contributed by atoms with E-state index in [-0.39, 0.29) is 5.78 Å². The molecular formula is C17H18O4. The van der Waals surface area contributed by atoms with Gasteiger partial charge >= 0.3 is 0 Å². The monoisotopic (exact) mass is 286 g/mol. The molecule has 0 aromatic heterocycles. The maximum absolute atomic E-state index is 12.4. The van der Waals surface area contributed by atoms with E-state index in [1.54, 1.807) is 57.5 Å². The zero-order valence-electron chi connectivity index (χ0n) is 12.3. The van der Waals surface area contributed by atoms with Crippen LogP contribution in [0, 0.1) is 0 Å². The topological polar surface area (TPSA) is 44.8 Å². The summed E-state index contributed by atoms with van der Waals surface area (Å²) in [5.41, 5.74) is 0.553. The van der Waals surface area contributed by atoms with Crippen molar-refractivity contribution < 1.29 is 19.0 Å². The number of ether oxygens (including phenoxy) is 3. The Morgan fingerprint density at radius 2 is 1.67 bits per heavy atom. The predicted molar refractivity (Wildman–Crippen MR) is 80.4 cm³/mol. The van der Waals surface area contributed by atoms with Gasteiger partial charge in [-0.15, -0.1) is 0 Å². The molecule has 0 spiro atoms. The van der Waals surface area contributed by atoms with Crippen molar-refractivity contribution in [2.45, 2.75) is 13.0 Å². The molecule has 110 valence electrons. The molecule has 0 saturated heterocycles. The molecule has 0 radical (unpaired) electrons. The molecule has 0 heterocycles. The van der Waals surface area contributed by atoms with Crippen LogP contribution >= 0.6 is 0 Å². The molecule has 2 aromatic rings. The minimum atomic E-state index is -0.617. The summed E-state index contributed by atoms with van der Waals surface area (Å²) in [5, 5.41) is 0. The highest BCUT2D eigenvalue weighted by Gasteiger charge is 2.18. The van der Waals surface area contributed by atoms with E-state index < -0.39 is 6.10 Å². The van der Waals surface area contributed by atoms with Crippen LogP contribution in [0.1, 0.15) is 17.3 Å². The molecule has 1 atom stereocenters. The number of methoxy groups -OCH3 is 2. The average Bonchev–Trinajstić information content (AvgIpc) is 2.54. The number of Topliss-reactive ketones (excluding diaryl/α,β-unsaturated/α-hetero) is 1. The number of benzene rings is 2. The second-order valence-corrected chi connectivity index (χ2v) is 4.51. The van der Waals surface area contributed by atoms with E-state index >= 15 is 0 Å². The zero-order chi connectivity index (χ0) is 15.2. The Morgan fingerprint density at radius 3 is 2.33 bits per heavy atom. The van der Waals surface area contributed by atoms with Gasteiger partial charge in [-0.05, 0) is 31.2 Å². The van der Waals surface area contributed by atoms with Crippen LogP contribution in [0.3, 0.4) is 0 Å². The minimum Gasteiger partial charge on any atom is -0.497 e. The third-order valence-corrected chi connectivity index (χ3v) is 3.10. The first kappa shape index (κ1) is 14.9. The van der Waals surface area contributed by atoms with Crippen molar-refractivity contribution >= 4 is 5.78 Å². The molecular weight excluding hydrogens is 268 g/mol. The third kappa shape index (κ3) is 3.54. The lowest BCUT2D eigenvalue weighted by Gasteiger charge is -2.16. The Hall–Kier alpha value is -2.49. The molecule has 0 amide bonds. The van der Waals surface area contributed by atoms with E-state index in [4.69, 9.17) is 14.2 Å². The molecule has 21 heavy (non-hydrogen) atoms. The fourth-order valence-corrected chi connectivity index (χ4v) is 1.97. The number of hydrogen-bond acceptors (Lipinski definition) is 4. The van der Waals surface area contributed by atoms with Crippen LogP contribution in [0.5, 0.6) is 17.2 Å². The summed E-state index contributed by atoms with van der Waals surface area (Å²) in [6.45, 7) is 1.72. The summed E-state index contributed by atoms with van der Waals surface area (Å²) >= 11 is 0. The Labute approximate surface area is 124 Å². The summed E-state index contributed by atoms with van der Waals surface area (Å²) in [5.74, 6) is 1.68. The van der Waals surface area contributed by atoms with Crippen LogP contribution in [0.15, 0.2) is 48.5 Å². The third-order valence-electron chi connectivity index (χ3n) is 3.10. The molecule has 0 N–H and O–H groups in total. The molecule has 0 saturated carbocycles. The fourth-order valence-electron chi connectivity index (χ4n) is 1.97. The van der Waals surface area contributed by atoms with Crippen LogP contribution in [0.4, 0.5) is 0 Å². The maximum atomic E-state index is 12.4. The molecule has 0 fully saturated rings. The van der Waals surface area contributed by atoms with E-state index in [9.17, 15) is 4.79 Å². The number of carbonyl (C=O) groups is 1. The molecule has 0 aliphatic heterocycles. The lowest BCUT2D eigenvalue weighted by atomic mass is 10.1. The minimum absolute atomic E-state index is 0.111. The van der Waals surface area contributed by atoms with Gasteiger partial charge in [0.25, 0.3) is 0 Å². The van der Waals surface area contributed by atoms with Gasteiger partial charge in [-0.25, -0.2) is 0 Å². The van der Waals surface area contributed by atoms with E-state index in [0.717, 1.165) is 0 Å². The van der Waals surface area contributed by atoms with Gasteiger partial charge in [0.2, 0.25) is 5.78 Å². The predicted octanol–water partition coefficient (Wildman–Crippen LogP) is 3.35. The van der Waals surface area contributed by atoms with Crippen molar-refractivity contribution in [1.82, 2.24) is 0 Å². The average molecular weight is 286 g/mol. The zero-order valence-corrected chi connectivity index (χ0v) is 12.3. The van der Waals surface area contributed by atoms with E-state index in [0.29, 0.717) is 22.8 Å². The molecule has 0 aliphatic carbocycles. The van der Waals surface area contributed by atoms with Crippen LogP contribution in [0.2, 0.25) is 0 Å². The number of carbonyl (C=O) groups excluding carboxylic acids is 1. The SMILES string of the molecule is COc1cccc(C(=O)C(C)Oc2ccccc2OC)c1. The largest absolute Gasteiger partial charge is 0.497 e. The van der Waals surface area contributed by atoms with E-state index in [1.165, 1.54) is 0 Å². The van der Waals surface area contributed by atoms with Crippen LogP contribution in [0.25, 0.3) is 0 Å². The fraction of sp³-hybridized carbons (Fsp3) is 0.235. The van der Waals surface area contributed by atoms with E-state index in [2.05, 4.69) is 0 Å². The first-order valence-electron chi connectivity index (χ1n) is 6.63. The smallest absolute Gasteiger partial charge is 0.203 e. The van der Waals surface area contributed by atoms with Gasteiger partial charge < -0.3 is 14.2 Å². The number of para-hydroxylation sites is 2. The van der Waals surface area contributed by atoms with Crippen molar-refractivity contribution in [2.24, 2.45) is 0 Å². The Bertz CT molecular complexity index is 622. The summed E-state index contributed by atoms with van der Waals surface area (Å²) in [4.78, 5) is 12.4. The summed E-state index contributed by atoms with van der Waals surface area (Å²) in [6, 6.07) is 14.3. The first-order valence-corrected chi connectivity index (χ1v) is 6.63. The molecule has 1 unspecified atom stereocenters. The Balaban J connectivity index is 2.15. The van der Waals surface area contributed by atoms with E-state index in [1.807, 2.05) is 12.1 Å². The van der Waals surface area contributed by atoms with Crippen molar-refractivity contribution in [3.63, 3.8) is 0 Å². The standard InChI is InChI=1S/C17H18O4/c1-12(21-16-10-5-4-9-15(16)20-3)17(18)13-7-6-8-14(11-13)19-2/h4-12H,1-3H3. The van der Waals surface area contributed by atoms with Crippen molar-refractivity contribution in [1.29, 1.82) is 0 Å². The molecule has 2 aromatic carbocycles. The Morgan fingerprint density at radius 1 is 0.952 bits per heavy atom.